The molecule has 0 saturated heterocycles. The van der Waals surface area contributed by atoms with E-state index in [0.717, 1.165) is 36.6 Å². The highest BCUT2D eigenvalue weighted by atomic mass is 79.9. The monoisotopic (exact) mass is 463 g/mol. The molecule has 0 aliphatic heterocycles. The number of aliphatic hydroxyl groups excluding tert-OH is 1. The van der Waals surface area contributed by atoms with Gasteiger partial charge in [0.25, 0.3) is 0 Å². The molecule has 0 unspecified atom stereocenters. The van der Waals surface area contributed by atoms with Crippen LogP contribution in [0.2, 0.25) is 0 Å². The van der Waals surface area contributed by atoms with E-state index in [0.29, 0.717) is 12.5 Å². The van der Waals surface area contributed by atoms with Gasteiger partial charge in [0.15, 0.2) is 11.6 Å². The van der Waals surface area contributed by atoms with E-state index >= 15 is 0 Å². The molecule has 0 amide bonds. The van der Waals surface area contributed by atoms with Crippen LogP contribution in [0.1, 0.15) is 44.2 Å². The Hall–Kier alpha value is -1.43. The molecule has 0 heterocycles. The molecule has 2 N–H and O–H groups in total. The second-order valence-corrected chi connectivity index (χ2v) is 9.07. The molecule has 2 aromatic rings. The molecule has 0 aromatic heterocycles. The van der Waals surface area contributed by atoms with Crippen molar-refractivity contribution in [3.63, 3.8) is 0 Å². The Morgan fingerprint density at radius 3 is 2.45 bits per heavy atom. The number of β-amino-alcohol motifs (C(OH)–C–C–N with tert-alkyl or cyclic N) is 1. The third kappa shape index (κ3) is 5.80. The average Bonchev–Trinajstić information content (AvgIpc) is 3.14. The summed E-state index contributed by atoms with van der Waals surface area (Å²) in [5.41, 5.74) is 2.94. The van der Waals surface area contributed by atoms with Gasteiger partial charge in [0.2, 0.25) is 0 Å². The van der Waals surface area contributed by atoms with Crippen LogP contribution in [-0.2, 0) is 12.8 Å². The van der Waals surface area contributed by atoms with Crippen LogP contribution in [-0.4, -0.2) is 29.9 Å². The van der Waals surface area contributed by atoms with E-state index in [9.17, 15) is 9.50 Å². The first kappa shape index (κ1) is 22.3. The van der Waals surface area contributed by atoms with Crippen molar-refractivity contribution in [2.24, 2.45) is 5.92 Å². The van der Waals surface area contributed by atoms with Crippen molar-refractivity contribution < 1.29 is 14.2 Å². The van der Waals surface area contributed by atoms with Gasteiger partial charge in [0.05, 0.1) is 0 Å². The number of nitrogens with one attached hydrogen (secondary N) is 1. The van der Waals surface area contributed by atoms with Gasteiger partial charge in [-0.1, -0.05) is 54.0 Å². The third-order valence-electron chi connectivity index (χ3n) is 6.21. The van der Waals surface area contributed by atoms with Crippen molar-refractivity contribution in [3.05, 3.63) is 63.9 Å². The Morgan fingerprint density at radius 2 is 1.83 bits per heavy atom. The molecule has 0 fully saturated rings. The van der Waals surface area contributed by atoms with E-state index in [-0.39, 0.29) is 17.9 Å². The summed E-state index contributed by atoms with van der Waals surface area (Å²) in [6.07, 6.45) is 4.66. The van der Waals surface area contributed by atoms with Crippen molar-refractivity contribution in [3.8, 4) is 5.75 Å². The van der Waals surface area contributed by atoms with Gasteiger partial charge in [-0.15, -0.1) is 0 Å². The first-order valence-corrected chi connectivity index (χ1v) is 11.3. The summed E-state index contributed by atoms with van der Waals surface area (Å²) >= 11 is 3.31. The molecular weight excluding hydrogens is 433 g/mol. The number of aliphatic hydroxyl groups is 1. The Kier molecular flexibility index (Phi) is 7.72. The first-order chi connectivity index (χ1) is 13.9. The maximum absolute atomic E-state index is 13.8. The Labute approximate surface area is 181 Å². The number of rotatable bonds is 10. The second-order valence-electron chi connectivity index (χ2n) is 8.16. The SMILES string of the molecule is CCC(CC)(CC1Cc2ccccc2C1)NC[C@@H](O)COc1cc(Br)ccc1F. The summed E-state index contributed by atoms with van der Waals surface area (Å²) < 4.78 is 20.0. The van der Waals surface area contributed by atoms with Gasteiger partial charge in [0.1, 0.15) is 12.7 Å². The molecule has 29 heavy (non-hydrogen) atoms. The summed E-state index contributed by atoms with van der Waals surface area (Å²) in [6.45, 7) is 4.90. The average molecular weight is 464 g/mol. The number of ether oxygens (including phenoxy) is 1. The van der Waals surface area contributed by atoms with E-state index in [4.69, 9.17) is 4.74 Å². The van der Waals surface area contributed by atoms with Gasteiger partial charge in [-0.2, -0.15) is 0 Å². The number of hydrogen-bond acceptors (Lipinski definition) is 3. The van der Waals surface area contributed by atoms with Crippen LogP contribution >= 0.6 is 15.9 Å². The predicted octanol–water partition coefficient (Wildman–Crippen LogP) is 5.28. The van der Waals surface area contributed by atoms with E-state index in [1.54, 1.807) is 12.1 Å². The Morgan fingerprint density at radius 1 is 1.17 bits per heavy atom. The molecule has 5 heteroatoms. The number of benzene rings is 2. The highest BCUT2D eigenvalue weighted by Gasteiger charge is 2.32. The van der Waals surface area contributed by atoms with E-state index < -0.39 is 11.9 Å². The molecule has 0 bridgehead atoms. The van der Waals surface area contributed by atoms with Crippen molar-refractivity contribution in [2.75, 3.05) is 13.2 Å². The predicted molar refractivity (Wildman–Crippen MR) is 119 cm³/mol. The zero-order valence-corrected chi connectivity index (χ0v) is 18.8. The number of hydrogen-bond donors (Lipinski definition) is 2. The summed E-state index contributed by atoms with van der Waals surface area (Å²) in [6, 6.07) is 13.3. The topological polar surface area (TPSA) is 41.5 Å². The van der Waals surface area contributed by atoms with Crippen molar-refractivity contribution >= 4 is 15.9 Å². The smallest absolute Gasteiger partial charge is 0.165 e. The Bertz CT molecular complexity index is 784. The van der Waals surface area contributed by atoms with Gasteiger partial charge in [-0.05, 0) is 67.3 Å². The van der Waals surface area contributed by atoms with Crippen molar-refractivity contribution in [2.45, 2.75) is 57.6 Å². The Balaban J connectivity index is 1.52. The van der Waals surface area contributed by atoms with Crippen LogP contribution < -0.4 is 10.1 Å². The highest BCUT2D eigenvalue weighted by molar-refractivity contribution is 9.10. The van der Waals surface area contributed by atoms with Crippen LogP contribution in [0, 0.1) is 11.7 Å². The van der Waals surface area contributed by atoms with Gasteiger partial charge >= 0.3 is 0 Å². The van der Waals surface area contributed by atoms with Gasteiger partial charge < -0.3 is 15.2 Å². The first-order valence-electron chi connectivity index (χ1n) is 10.5. The summed E-state index contributed by atoms with van der Waals surface area (Å²) in [7, 11) is 0. The van der Waals surface area contributed by atoms with Crippen LogP contribution in [0.4, 0.5) is 4.39 Å². The van der Waals surface area contributed by atoms with Crippen molar-refractivity contribution in [1.29, 1.82) is 0 Å². The summed E-state index contributed by atoms with van der Waals surface area (Å²) in [5.74, 6) is 0.356. The van der Waals surface area contributed by atoms with Crippen LogP contribution in [0.3, 0.4) is 0 Å². The highest BCUT2D eigenvalue weighted by Crippen LogP contribution is 2.34. The number of halogens is 2. The molecule has 2 aromatic carbocycles. The van der Waals surface area contributed by atoms with Crippen molar-refractivity contribution in [1.82, 2.24) is 5.32 Å². The minimum absolute atomic E-state index is 0.00524. The van der Waals surface area contributed by atoms with Crippen LogP contribution in [0.5, 0.6) is 5.75 Å². The van der Waals surface area contributed by atoms with Gasteiger partial charge in [-0.3, -0.25) is 0 Å². The van der Waals surface area contributed by atoms with Crippen LogP contribution in [0.15, 0.2) is 46.9 Å². The van der Waals surface area contributed by atoms with Gasteiger partial charge in [-0.25, -0.2) is 4.39 Å². The fraction of sp³-hybridized carbons (Fsp3) is 0.500. The molecular formula is C24H31BrFNO2. The van der Waals surface area contributed by atoms with Gasteiger partial charge in [0, 0.05) is 16.6 Å². The minimum atomic E-state index is -0.702. The second kappa shape index (κ2) is 10.1. The quantitative estimate of drug-likeness (QED) is 0.503. The van der Waals surface area contributed by atoms with E-state index in [2.05, 4.69) is 59.4 Å². The molecule has 1 aliphatic carbocycles. The molecule has 3 nitrogen and oxygen atoms in total. The molecule has 1 aliphatic rings. The summed E-state index contributed by atoms with van der Waals surface area (Å²) in [5, 5.41) is 14.0. The molecule has 0 spiro atoms. The number of fused-ring (bicyclic) bond motifs is 1. The standard InChI is InChI=1S/C24H31BrFNO2/c1-3-24(4-2,14-17-11-18-7-5-6-8-19(18)12-17)27-15-21(28)16-29-23-13-20(25)9-10-22(23)26/h5-10,13,17,21,27-28H,3-4,11-12,14-16H2,1-2H3/t21-/m1/s1. The fourth-order valence-electron chi connectivity index (χ4n) is 4.37. The van der Waals surface area contributed by atoms with E-state index in [1.807, 2.05) is 0 Å². The maximum Gasteiger partial charge on any atom is 0.165 e. The normalized spacial score (nSPS) is 15.3. The minimum Gasteiger partial charge on any atom is -0.488 e. The molecule has 158 valence electrons. The lowest BCUT2D eigenvalue weighted by molar-refractivity contribution is 0.0893. The zero-order chi connectivity index (χ0) is 20.9. The molecule has 1 atom stereocenters. The molecule has 0 radical (unpaired) electrons. The molecule has 3 rings (SSSR count). The lowest BCUT2D eigenvalue weighted by atomic mass is 9.81. The van der Waals surface area contributed by atoms with E-state index in [1.165, 1.54) is 17.2 Å². The fourth-order valence-corrected chi connectivity index (χ4v) is 4.71. The zero-order valence-electron chi connectivity index (χ0n) is 17.3. The lowest BCUT2D eigenvalue weighted by Crippen LogP contribution is -2.49. The summed E-state index contributed by atoms with van der Waals surface area (Å²) in [4.78, 5) is 0. The lowest BCUT2D eigenvalue weighted by Gasteiger charge is -2.36. The maximum atomic E-state index is 13.8. The third-order valence-corrected chi connectivity index (χ3v) is 6.70. The van der Waals surface area contributed by atoms with Crippen LogP contribution in [0.25, 0.3) is 0 Å². The molecule has 0 saturated carbocycles. The largest absolute Gasteiger partial charge is 0.488 e.